The van der Waals surface area contributed by atoms with Crippen molar-refractivity contribution in [3.05, 3.63) is 48.4 Å². The Labute approximate surface area is 117 Å². The molecule has 20 heavy (non-hydrogen) atoms. The van der Waals surface area contributed by atoms with Gasteiger partial charge in [-0.1, -0.05) is 24.0 Å². The van der Waals surface area contributed by atoms with Gasteiger partial charge >= 0.3 is 0 Å². The monoisotopic (exact) mass is 288 g/mol. The molecule has 1 heterocycles. The van der Waals surface area contributed by atoms with Crippen molar-refractivity contribution in [2.24, 2.45) is 5.73 Å². The van der Waals surface area contributed by atoms with Crippen LogP contribution < -0.4 is 10.5 Å². The number of benzene rings is 1. The second kappa shape index (κ2) is 6.14. The van der Waals surface area contributed by atoms with Crippen molar-refractivity contribution >= 4 is 15.8 Å². The number of rotatable bonds is 3. The smallest absolute Gasteiger partial charge is 0.264 e. The van der Waals surface area contributed by atoms with Crippen LogP contribution in [0.25, 0.3) is 0 Å². The first-order valence-electron chi connectivity index (χ1n) is 5.70. The minimum Gasteiger partial charge on any atom is -0.320 e. The molecule has 6 nitrogen and oxygen atoms in total. The molecule has 0 amide bonds. The van der Waals surface area contributed by atoms with Gasteiger partial charge in [0, 0.05) is 18.0 Å². The number of hydrogen-bond acceptors (Lipinski definition) is 5. The summed E-state index contributed by atoms with van der Waals surface area (Å²) in [7, 11) is -3.77. The first-order chi connectivity index (χ1) is 9.63. The lowest BCUT2D eigenvalue weighted by atomic mass is 10.2. The summed E-state index contributed by atoms with van der Waals surface area (Å²) in [5.74, 6) is 5.52. The fraction of sp³-hybridized carbons (Fsp3) is 0.0769. The van der Waals surface area contributed by atoms with Gasteiger partial charge in [-0.05, 0) is 12.1 Å². The van der Waals surface area contributed by atoms with Gasteiger partial charge in [0.25, 0.3) is 10.0 Å². The predicted octanol–water partition coefficient (Wildman–Crippen LogP) is 0.588. The Morgan fingerprint density at radius 3 is 2.75 bits per heavy atom. The molecule has 0 atom stereocenters. The van der Waals surface area contributed by atoms with Crippen LogP contribution in [0.15, 0.2) is 47.8 Å². The molecule has 0 fully saturated rings. The summed E-state index contributed by atoms with van der Waals surface area (Å²) < 4.78 is 27.0. The maximum Gasteiger partial charge on any atom is 0.264 e. The van der Waals surface area contributed by atoms with Crippen LogP contribution in [0.4, 0.5) is 5.82 Å². The van der Waals surface area contributed by atoms with E-state index in [4.69, 9.17) is 5.73 Å². The molecule has 0 radical (unpaired) electrons. The van der Waals surface area contributed by atoms with E-state index in [9.17, 15) is 8.42 Å². The summed E-state index contributed by atoms with van der Waals surface area (Å²) in [5, 5.41) is 0. The molecule has 0 aliphatic carbocycles. The van der Waals surface area contributed by atoms with Crippen LogP contribution in [0.3, 0.4) is 0 Å². The van der Waals surface area contributed by atoms with E-state index in [2.05, 4.69) is 26.5 Å². The summed E-state index contributed by atoms with van der Waals surface area (Å²) in [6.07, 6.45) is 4.18. The standard InChI is InChI=1S/C13H12N4O2S/c14-7-3-5-11-4-1-2-6-12(11)20(18,19)17-13-10-15-8-9-16-13/h1-2,4,6,8-10H,7,14H2,(H,16,17). The summed E-state index contributed by atoms with van der Waals surface area (Å²) in [5.41, 5.74) is 5.69. The molecule has 2 rings (SSSR count). The third-order valence-corrected chi connectivity index (χ3v) is 3.72. The average molecular weight is 288 g/mol. The zero-order valence-electron chi connectivity index (χ0n) is 10.4. The lowest BCUT2D eigenvalue weighted by Gasteiger charge is -2.08. The summed E-state index contributed by atoms with van der Waals surface area (Å²) in [6, 6.07) is 6.42. The van der Waals surface area contributed by atoms with E-state index in [-0.39, 0.29) is 17.3 Å². The second-order valence-electron chi connectivity index (χ2n) is 3.70. The van der Waals surface area contributed by atoms with Gasteiger partial charge in [0.1, 0.15) is 4.90 Å². The molecule has 0 aliphatic heterocycles. The minimum atomic E-state index is -3.77. The van der Waals surface area contributed by atoms with E-state index >= 15 is 0 Å². The molecule has 1 aromatic carbocycles. The van der Waals surface area contributed by atoms with E-state index in [0.717, 1.165) is 0 Å². The zero-order chi connectivity index (χ0) is 14.4. The number of sulfonamides is 1. The van der Waals surface area contributed by atoms with Crippen molar-refractivity contribution in [2.45, 2.75) is 4.90 Å². The molecule has 0 bridgehead atoms. The Bertz CT molecular complexity index is 749. The number of hydrogen-bond donors (Lipinski definition) is 2. The number of nitrogens with two attached hydrogens (primary N) is 1. The van der Waals surface area contributed by atoms with Gasteiger partial charge in [-0.25, -0.2) is 13.4 Å². The molecule has 1 aromatic heterocycles. The van der Waals surface area contributed by atoms with E-state index in [0.29, 0.717) is 5.56 Å². The second-order valence-corrected chi connectivity index (χ2v) is 5.35. The van der Waals surface area contributed by atoms with Crippen molar-refractivity contribution in [3.8, 4) is 11.8 Å². The van der Waals surface area contributed by atoms with Gasteiger partial charge in [0.2, 0.25) is 0 Å². The van der Waals surface area contributed by atoms with Crippen LogP contribution in [0.2, 0.25) is 0 Å². The topological polar surface area (TPSA) is 98.0 Å². The molecule has 2 aromatic rings. The predicted molar refractivity (Wildman–Crippen MR) is 75.2 cm³/mol. The molecule has 0 aliphatic rings. The van der Waals surface area contributed by atoms with Crippen molar-refractivity contribution in [3.63, 3.8) is 0 Å². The highest BCUT2D eigenvalue weighted by atomic mass is 32.2. The van der Waals surface area contributed by atoms with Gasteiger partial charge in [0.05, 0.1) is 12.7 Å². The Morgan fingerprint density at radius 1 is 1.25 bits per heavy atom. The fourth-order valence-electron chi connectivity index (χ4n) is 1.49. The van der Waals surface area contributed by atoms with Crippen molar-refractivity contribution in [1.29, 1.82) is 0 Å². The van der Waals surface area contributed by atoms with E-state index in [1.165, 1.54) is 24.7 Å². The molecular formula is C13H12N4O2S. The highest BCUT2D eigenvalue weighted by Gasteiger charge is 2.17. The maximum atomic E-state index is 12.3. The highest BCUT2D eigenvalue weighted by molar-refractivity contribution is 7.92. The van der Waals surface area contributed by atoms with Crippen molar-refractivity contribution in [1.82, 2.24) is 9.97 Å². The van der Waals surface area contributed by atoms with Crippen LogP contribution in [0.1, 0.15) is 5.56 Å². The van der Waals surface area contributed by atoms with Crippen molar-refractivity contribution in [2.75, 3.05) is 11.3 Å². The quantitative estimate of drug-likeness (QED) is 0.805. The Kier molecular flexibility index (Phi) is 4.30. The third kappa shape index (κ3) is 3.32. The van der Waals surface area contributed by atoms with Gasteiger partial charge in [-0.3, -0.25) is 9.71 Å². The van der Waals surface area contributed by atoms with Crippen LogP contribution in [-0.4, -0.2) is 24.9 Å². The van der Waals surface area contributed by atoms with E-state index in [1.807, 2.05) is 0 Å². The largest absolute Gasteiger partial charge is 0.320 e. The SMILES string of the molecule is NCC#Cc1ccccc1S(=O)(=O)Nc1cnccn1. The van der Waals surface area contributed by atoms with E-state index in [1.54, 1.807) is 18.2 Å². The number of aromatic nitrogens is 2. The Balaban J connectivity index is 2.40. The normalized spacial score (nSPS) is 10.4. The van der Waals surface area contributed by atoms with Crippen molar-refractivity contribution < 1.29 is 8.42 Å². The van der Waals surface area contributed by atoms with Gasteiger partial charge in [-0.15, -0.1) is 0 Å². The Morgan fingerprint density at radius 2 is 2.05 bits per heavy atom. The lowest BCUT2D eigenvalue weighted by molar-refractivity contribution is 0.601. The highest BCUT2D eigenvalue weighted by Crippen LogP contribution is 2.17. The molecule has 102 valence electrons. The van der Waals surface area contributed by atoms with Gasteiger partial charge in [-0.2, -0.15) is 0 Å². The first-order valence-corrected chi connectivity index (χ1v) is 7.18. The number of nitrogens with zero attached hydrogens (tertiary/aromatic N) is 2. The van der Waals surface area contributed by atoms with E-state index < -0.39 is 10.0 Å². The van der Waals surface area contributed by atoms with Gasteiger partial charge < -0.3 is 5.73 Å². The first kappa shape index (κ1) is 14.0. The van der Waals surface area contributed by atoms with Crippen LogP contribution in [0, 0.1) is 11.8 Å². The summed E-state index contributed by atoms with van der Waals surface area (Å²) >= 11 is 0. The van der Waals surface area contributed by atoms with Crippen LogP contribution >= 0.6 is 0 Å². The molecule has 0 unspecified atom stereocenters. The van der Waals surface area contributed by atoms with Crippen LogP contribution in [-0.2, 0) is 10.0 Å². The molecule has 3 N–H and O–H groups in total. The molecule has 0 spiro atoms. The summed E-state index contributed by atoms with van der Waals surface area (Å²) in [4.78, 5) is 7.75. The Hall–Kier alpha value is -2.43. The number of anilines is 1. The lowest BCUT2D eigenvalue weighted by Crippen LogP contribution is -2.15. The molecular weight excluding hydrogens is 276 g/mol. The minimum absolute atomic E-state index is 0.0756. The van der Waals surface area contributed by atoms with Gasteiger partial charge in [0.15, 0.2) is 5.82 Å². The summed E-state index contributed by atoms with van der Waals surface area (Å²) in [6.45, 7) is 0.159. The average Bonchev–Trinajstić information content (AvgIpc) is 2.46. The molecule has 0 saturated carbocycles. The van der Waals surface area contributed by atoms with Crippen LogP contribution in [0.5, 0.6) is 0 Å². The number of nitrogens with one attached hydrogen (secondary N) is 1. The maximum absolute atomic E-state index is 12.3. The third-order valence-electron chi connectivity index (χ3n) is 2.30. The fourth-order valence-corrected chi connectivity index (χ4v) is 2.65. The molecule has 0 saturated heterocycles. The molecule has 7 heteroatoms. The zero-order valence-corrected chi connectivity index (χ0v) is 11.3.